The van der Waals surface area contributed by atoms with Gasteiger partial charge in [0.15, 0.2) is 0 Å². The lowest BCUT2D eigenvalue weighted by Crippen LogP contribution is -2.52. The molecule has 2 saturated heterocycles. The fraction of sp³-hybridized carbons (Fsp3) is 0.429. The number of benzene rings is 2. The normalized spacial score (nSPS) is 16.8. The van der Waals surface area contributed by atoms with Gasteiger partial charge in [0.2, 0.25) is 5.95 Å². The van der Waals surface area contributed by atoms with Crippen LogP contribution in [0.3, 0.4) is 0 Å². The Morgan fingerprint density at radius 2 is 1.79 bits per heavy atom. The zero-order valence-electron chi connectivity index (χ0n) is 27.9. The molecule has 2 aromatic carbocycles. The molecule has 0 radical (unpaired) electrons. The van der Waals surface area contributed by atoms with Gasteiger partial charge in [0.1, 0.15) is 24.5 Å². The molecule has 0 atom stereocenters. The van der Waals surface area contributed by atoms with Gasteiger partial charge in [0.25, 0.3) is 0 Å². The van der Waals surface area contributed by atoms with Gasteiger partial charge >= 0.3 is 0 Å². The zero-order valence-corrected chi connectivity index (χ0v) is 30.4. The third kappa shape index (κ3) is 7.70. The van der Waals surface area contributed by atoms with Crippen LogP contribution in [0.25, 0.3) is 11.3 Å². The Balaban J connectivity index is 1.21. The van der Waals surface area contributed by atoms with Crippen molar-refractivity contribution in [1.82, 2.24) is 19.8 Å². The molecule has 12 heteroatoms. The van der Waals surface area contributed by atoms with Gasteiger partial charge in [-0.15, -0.1) is 0 Å². The molecule has 0 spiro atoms. The van der Waals surface area contributed by atoms with E-state index in [0.717, 1.165) is 55.4 Å². The number of likely N-dealkylation sites (N-methyl/N-ethyl adjacent to an activating group) is 1. The predicted molar refractivity (Wildman–Crippen MR) is 196 cm³/mol. The first-order valence-corrected chi connectivity index (χ1v) is 19.7. The summed E-state index contributed by atoms with van der Waals surface area (Å²) in [6.45, 7) is 12.5. The molecule has 2 fully saturated rings. The van der Waals surface area contributed by atoms with Gasteiger partial charge in [0, 0.05) is 74.1 Å². The molecule has 2 N–H and O–H groups in total. The molecule has 250 valence electrons. The van der Waals surface area contributed by atoms with Gasteiger partial charge in [-0.05, 0) is 97.5 Å². The average molecular weight is 723 g/mol. The average Bonchev–Trinajstić information content (AvgIpc) is 3.61. The number of piperazine rings is 1. The molecule has 0 amide bonds. The van der Waals surface area contributed by atoms with Crippen molar-refractivity contribution in [3.05, 3.63) is 65.0 Å². The van der Waals surface area contributed by atoms with Crippen molar-refractivity contribution in [3.8, 4) is 17.1 Å². The number of aromatic nitrogens is 2. The third-order valence-corrected chi connectivity index (χ3v) is 11.4. The number of aryl methyl sites for hydroxylation is 1. The van der Waals surface area contributed by atoms with Gasteiger partial charge in [0.05, 0.1) is 29.2 Å². The number of ether oxygens (including phenoxy) is 1. The lowest BCUT2D eigenvalue weighted by molar-refractivity contribution is 0.0982. The highest BCUT2D eigenvalue weighted by Gasteiger charge is 2.28. The van der Waals surface area contributed by atoms with E-state index in [4.69, 9.17) is 14.1 Å². The summed E-state index contributed by atoms with van der Waals surface area (Å²) in [7, 11) is 1.26. The fourth-order valence-corrected chi connectivity index (χ4v) is 8.01. The monoisotopic (exact) mass is 721 g/mol. The molecule has 2 aromatic heterocycles. The summed E-state index contributed by atoms with van der Waals surface area (Å²) in [6.07, 6.45) is 6.59. The number of piperidine rings is 1. The summed E-state index contributed by atoms with van der Waals surface area (Å²) in [5, 5.41) is 7.51. The van der Waals surface area contributed by atoms with Crippen LogP contribution in [0.1, 0.15) is 25.3 Å². The van der Waals surface area contributed by atoms with E-state index < -0.39 is 7.14 Å². The van der Waals surface area contributed by atoms with Crippen molar-refractivity contribution >= 4 is 57.2 Å². The van der Waals surface area contributed by atoms with Gasteiger partial charge in [-0.2, -0.15) is 4.98 Å². The second kappa shape index (κ2) is 14.4. The Bertz CT molecular complexity index is 1730. The summed E-state index contributed by atoms with van der Waals surface area (Å²) in [5.74, 6) is 2.44. The minimum absolute atomic E-state index is 0.418. The van der Waals surface area contributed by atoms with E-state index in [1.54, 1.807) is 32.9 Å². The lowest BCUT2D eigenvalue weighted by Gasteiger charge is -2.43. The number of nitrogens with zero attached hydrogens (tertiary/aromatic N) is 5. The molecule has 0 aliphatic carbocycles. The highest BCUT2D eigenvalue weighted by atomic mass is 79.9. The topological polar surface area (TPSA) is 99.0 Å². The van der Waals surface area contributed by atoms with Crippen molar-refractivity contribution in [2.45, 2.75) is 32.2 Å². The van der Waals surface area contributed by atoms with Crippen LogP contribution in [0.2, 0.25) is 0 Å². The van der Waals surface area contributed by atoms with E-state index >= 15 is 0 Å². The third-order valence-electron chi connectivity index (χ3n) is 9.27. The van der Waals surface area contributed by atoms with Crippen LogP contribution in [0.5, 0.6) is 5.75 Å². The summed E-state index contributed by atoms with van der Waals surface area (Å²) in [6, 6.07) is 14.5. The minimum Gasteiger partial charge on any atom is -0.494 e. The first-order chi connectivity index (χ1) is 22.6. The number of rotatable bonds is 10. The number of furan rings is 1. The Kier molecular flexibility index (Phi) is 10.3. The molecular weight excluding hydrogens is 677 g/mol. The van der Waals surface area contributed by atoms with E-state index in [2.05, 4.69) is 72.4 Å². The second-order valence-corrected chi connectivity index (χ2v) is 16.8. The molecule has 4 aromatic rings. The first kappa shape index (κ1) is 33.5. The van der Waals surface area contributed by atoms with Crippen LogP contribution in [-0.2, 0) is 11.0 Å². The molecule has 4 heterocycles. The van der Waals surface area contributed by atoms with Crippen molar-refractivity contribution in [2.24, 2.45) is 0 Å². The highest BCUT2D eigenvalue weighted by molar-refractivity contribution is 9.10. The highest BCUT2D eigenvalue weighted by Crippen LogP contribution is 2.41. The van der Waals surface area contributed by atoms with E-state index in [0.29, 0.717) is 33.3 Å². The lowest BCUT2D eigenvalue weighted by atomic mass is 9.99. The van der Waals surface area contributed by atoms with Crippen molar-refractivity contribution in [3.63, 3.8) is 0 Å². The molecular formula is C35H45BrN7O3P. The molecule has 0 unspecified atom stereocenters. The minimum atomic E-state index is -2.66. The van der Waals surface area contributed by atoms with Crippen LogP contribution >= 0.6 is 23.1 Å². The number of nitrogens with one attached hydrogen (secondary N) is 2. The predicted octanol–water partition coefficient (Wildman–Crippen LogP) is 7.02. The zero-order chi connectivity index (χ0) is 33.1. The quantitative estimate of drug-likeness (QED) is 0.166. The summed E-state index contributed by atoms with van der Waals surface area (Å²) in [5.41, 5.74) is 4.88. The van der Waals surface area contributed by atoms with E-state index in [9.17, 15) is 4.57 Å². The van der Waals surface area contributed by atoms with Crippen molar-refractivity contribution in [1.29, 1.82) is 0 Å². The molecule has 6 rings (SSSR count). The maximum absolute atomic E-state index is 13.4. The van der Waals surface area contributed by atoms with Crippen LogP contribution in [0, 0.1) is 0 Å². The largest absolute Gasteiger partial charge is 0.494 e. The van der Waals surface area contributed by atoms with Crippen molar-refractivity contribution < 1.29 is 13.7 Å². The van der Waals surface area contributed by atoms with E-state index in [1.165, 1.54) is 37.2 Å². The molecule has 10 nitrogen and oxygen atoms in total. The molecule has 0 saturated carbocycles. The van der Waals surface area contributed by atoms with Crippen LogP contribution < -0.4 is 25.6 Å². The van der Waals surface area contributed by atoms with Crippen LogP contribution in [-0.4, -0.2) is 92.6 Å². The summed E-state index contributed by atoms with van der Waals surface area (Å²) >= 11 is 3.60. The maximum Gasteiger partial charge on any atom is 0.229 e. The van der Waals surface area contributed by atoms with E-state index in [-0.39, 0.29) is 0 Å². The number of halogens is 1. The molecule has 0 bridgehead atoms. The van der Waals surface area contributed by atoms with Crippen molar-refractivity contribution in [2.75, 3.05) is 82.3 Å². The second-order valence-electron chi connectivity index (χ2n) is 12.8. The molecule has 2 aliphatic heterocycles. The molecule has 47 heavy (non-hydrogen) atoms. The Hall–Kier alpha value is -3.37. The molecule has 2 aliphatic rings. The SMILES string of the molecule is CCc1cc(Nc2ncc(Br)c(Nc3ccc(-c4ccco4)cc3P(C)(C)=O)n2)c(OC)cc1N1CCC(N2CCN(C)CC2)CC1. The standard InChI is InChI=1S/C35H45BrN7O3P/c1-6-24-20-29(32(45-3)22-30(24)43-13-11-26(12-14-43)42-17-15-41(2)16-18-42)39-35-37-23-27(36)34(40-35)38-28-10-9-25(31-8-7-19-46-31)21-33(28)47(4,5)44/h7-10,19-23,26H,6,11-18H2,1-5H3,(H2,37,38,39,40). The number of anilines is 5. The Labute approximate surface area is 286 Å². The maximum atomic E-state index is 13.4. The smallest absolute Gasteiger partial charge is 0.229 e. The Morgan fingerprint density at radius 1 is 1.02 bits per heavy atom. The Morgan fingerprint density at radius 3 is 2.45 bits per heavy atom. The number of methoxy groups -OCH3 is 1. The van der Waals surface area contributed by atoms with Gasteiger partial charge in [-0.25, -0.2) is 4.98 Å². The summed E-state index contributed by atoms with van der Waals surface area (Å²) in [4.78, 5) is 17.0. The fourth-order valence-electron chi connectivity index (χ4n) is 6.56. The van der Waals surface area contributed by atoms with Gasteiger partial charge in [-0.3, -0.25) is 4.90 Å². The summed E-state index contributed by atoms with van der Waals surface area (Å²) < 4.78 is 25.5. The number of hydrogen-bond acceptors (Lipinski definition) is 10. The van der Waals surface area contributed by atoms with E-state index in [1.807, 2.05) is 30.3 Å². The van der Waals surface area contributed by atoms with Crippen LogP contribution in [0.4, 0.5) is 28.8 Å². The van der Waals surface area contributed by atoms with Gasteiger partial charge in [-0.1, -0.05) is 6.92 Å². The van der Waals surface area contributed by atoms with Gasteiger partial charge < -0.3 is 34.2 Å². The van der Waals surface area contributed by atoms with Crippen LogP contribution in [0.15, 0.2) is 63.8 Å². The first-order valence-electron chi connectivity index (χ1n) is 16.3. The number of hydrogen-bond donors (Lipinski definition) is 2.